The average Bonchev–Trinajstić information content (AvgIpc) is 2.75. The molecule has 1 atom stereocenters. The second-order valence-electron chi connectivity index (χ2n) is 5.24. The highest BCUT2D eigenvalue weighted by Crippen LogP contribution is 2.20. The predicted molar refractivity (Wildman–Crippen MR) is 74.5 cm³/mol. The van der Waals surface area contributed by atoms with Gasteiger partial charge in [0.25, 0.3) is 0 Å². The summed E-state index contributed by atoms with van der Waals surface area (Å²) in [7, 11) is 0. The number of hydrogen-bond acceptors (Lipinski definition) is 2. The molecule has 0 N–H and O–H groups in total. The van der Waals surface area contributed by atoms with Crippen LogP contribution in [0.15, 0.2) is 30.3 Å². The number of carbonyl (C=O) groups excluding carboxylic acids is 2. The van der Waals surface area contributed by atoms with Gasteiger partial charge in [0.15, 0.2) is 0 Å². The molecular weight excluding hydrogens is 238 g/mol. The van der Waals surface area contributed by atoms with E-state index >= 15 is 0 Å². The molecule has 1 saturated heterocycles. The van der Waals surface area contributed by atoms with Crippen LogP contribution < -0.4 is 0 Å². The number of unbranched alkanes of at least 4 members (excludes halogenated alkanes) is 1. The molecule has 0 aliphatic carbocycles. The maximum atomic E-state index is 12.0. The lowest BCUT2D eigenvalue weighted by atomic mass is 10.1. The molecule has 1 aliphatic heterocycles. The van der Waals surface area contributed by atoms with Crippen LogP contribution in [0, 0.1) is 0 Å². The highest BCUT2D eigenvalue weighted by molar-refractivity contribution is 5.97. The zero-order valence-electron chi connectivity index (χ0n) is 11.5. The lowest BCUT2D eigenvalue weighted by Crippen LogP contribution is -2.36. The summed E-state index contributed by atoms with van der Waals surface area (Å²) in [4.78, 5) is 25.0. The minimum Gasteiger partial charge on any atom is -0.280 e. The third-order valence-electron chi connectivity index (χ3n) is 3.70. The van der Waals surface area contributed by atoms with Crippen molar-refractivity contribution in [1.82, 2.24) is 4.90 Å². The first-order chi connectivity index (χ1) is 9.18. The highest BCUT2D eigenvalue weighted by Gasteiger charge is 2.31. The topological polar surface area (TPSA) is 37.4 Å². The van der Waals surface area contributed by atoms with Gasteiger partial charge < -0.3 is 0 Å². The van der Waals surface area contributed by atoms with E-state index in [1.165, 1.54) is 10.5 Å². The number of benzene rings is 1. The molecule has 2 rings (SSSR count). The molecule has 1 heterocycles. The third-order valence-corrected chi connectivity index (χ3v) is 3.70. The Balaban J connectivity index is 1.71. The van der Waals surface area contributed by atoms with Crippen molar-refractivity contribution in [2.45, 2.75) is 51.5 Å². The molecule has 2 amide bonds. The smallest absolute Gasteiger partial charge is 0.229 e. The molecule has 1 fully saturated rings. The summed E-state index contributed by atoms with van der Waals surface area (Å²) in [5.74, 6) is 0.00335. The van der Waals surface area contributed by atoms with Crippen molar-refractivity contribution in [3.63, 3.8) is 0 Å². The van der Waals surface area contributed by atoms with Crippen molar-refractivity contribution >= 4 is 11.8 Å². The van der Waals surface area contributed by atoms with E-state index < -0.39 is 0 Å². The van der Waals surface area contributed by atoms with Crippen LogP contribution in [-0.4, -0.2) is 22.8 Å². The molecule has 102 valence electrons. The van der Waals surface area contributed by atoms with Gasteiger partial charge in [-0.2, -0.15) is 0 Å². The van der Waals surface area contributed by atoms with Gasteiger partial charge in [-0.25, -0.2) is 0 Å². The molecule has 0 saturated carbocycles. The number of carbonyl (C=O) groups is 2. The maximum Gasteiger partial charge on any atom is 0.229 e. The third kappa shape index (κ3) is 3.66. The van der Waals surface area contributed by atoms with Crippen LogP contribution in [0.5, 0.6) is 0 Å². The van der Waals surface area contributed by atoms with Gasteiger partial charge in [0.05, 0.1) is 0 Å². The average molecular weight is 259 g/mol. The molecule has 0 aromatic heterocycles. The predicted octanol–water partition coefficient (Wildman–Crippen LogP) is 2.94. The van der Waals surface area contributed by atoms with Crippen LogP contribution in [-0.2, 0) is 16.0 Å². The molecule has 19 heavy (non-hydrogen) atoms. The Labute approximate surface area is 114 Å². The summed E-state index contributed by atoms with van der Waals surface area (Å²) in [5, 5.41) is 0. The minimum absolute atomic E-state index is 0.000518. The van der Waals surface area contributed by atoms with Crippen molar-refractivity contribution in [3.05, 3.63) is 35.9 Å². The van der Waals surface area contributed by atoms with E-state index in [1.807, 2.05) is 25.1 Å². The van der Waals surface area contributed by atoms with Crippen LogP contribution in [0.4, 0.5) is 0 Å². The van der Waals surface area contributed by atoms with Gasteiger partial charge in [0, 0.05) is 18.9 Å². The summed E-state index contributed by atoms with van der Waals surface area (Å²) in [6.45, 7) is 1.95. The van der Waals surface area contributed by atoms with Gasteiger partial charge in [-0.1, -0.05) is 30.3 Å². The molecular formula is C16H21NO2. The van der Waals surface area contributed by atoms with Gasteiger partial charge in [-0.3, -0.25) is 14.5 Å². The van der Waals surface area contributed by atoms with Crippen LogP contribution in [0.1, 0.15) is 44.6 Å². The molecule has 1 aromatic carbocycles. The second kappa shape index (κ2) is 6.50. The normalized spacial score (nSPS) is 18.9. The van der Waals surface area contributed by atoms with Crippen molar-refractivity contribution in [2.75, 3.05) is 0 Å². The van der Waals surface area contributed by atoms with E-state index in [0.29, 0.717) is 12.8 Å². The number of amides is 2. The standard InChI is InChI=1S/C16H21NO2/c1-13-11-12-16(19)17(13)15(18)10-6-5-9-14-7-3-2-4-8-14/h2-4,7-8,13H,5-6,9-12H2,1H3. The molecule has 1 aliphatic rings. The SMILES string of the molecule is CC1CCC(=O)N1C(=O)CCCCc1ccccc1. The van der Waals surface area contributed by atoms with Gasteiger partial charge in [0.1, 0.15) is 0 Å². The lowest BCUT2D eigenvalue weighted by molar-refractivity contribution is -0.143. The fraction of sp³-hybridized carbons (Fsp3) is 0.500. The van der Waals surface area contributed by atoms with Crippen LogP contribution in [0.3, 0.4) is 0 Å². The zero-order valence-corrected chi connectivity index (χ0v) is 11.5. The first kappa shape index (κ1) is 13.8. The van der Waals surface area contributed by atoms with E-state index in [1.54, 1.807) is 0 Å². The largest absolute Gasteiger partial charge is 0.280 e. The number of nitrogens with zero attached hydrogens (tertiary/aromatic N) is 1. The Bertz CT molecular complexity index is 441. The molecule has 0 radical (unpaired) electrons. The van der Waals surface area contributed by atoms with Crippen molar-refractivity contribution in [2.24, 2.45) is 0 Å². The van der Waals surface area contributed by atoms with Crippen molar-refractivity contribution < 1.29 is 9.59 Å². The fourth-order valence-corrected chi connectivity index (χ4v) is 2.58. The Morgan fingerprint density at radius 3 is 2.63 bits per heavy atom. The van der Waals surface area contributed by atoms with E-state index in [9.17, 15) is 9.59 Å². The fourth-order valence-electron chi connectivity index (χ4n) is 2.58. The Morgan fingerprint density at radius 1 is 1.26 bits per heavy atom. The summed E-state index contributed by atoms with van der Waals surface area (Å²) >= 11 is 0. The number of rotatable bonds is 5. The number of imide groups is 1. The molecule has 1 unspecified atom stereocenters. The van der Waals surface area contributed by atoms with Crippen molar-refractivity contribution in [3.8, 4) is 0 Å². The van der Waals surface area contributed by atoms with Gasteiger partial charge in [-0.05, 0) is 38.2 Å². The highest BCUT2D eigenvalue weighted by atomic mass is 16.2. The molecule has 3 heteroatoms. The van der Waals surface area contributed by atoms with Crippen molar-refractivity contribution in [1.29, 1.82) is 0 Å². The molecule has 1 aromatic rings. The minimum atomic E-state index is 0.000518. The van der Waals surface area contributed by atoms with Gasteiger partial charge >= 0.3 is 0 Å². The first-order valence-electron chi connectivity index (χ1n) is 7.07. The summed E-state index contributed by atoms with van der Waals surface area (Å²) in [6, 6.07) is 10.4. The summed E-state index contributed by atoms with van der Waals surface area (Å²) in [6.07, 6.45) is 4.67. The lowest BCUT2D eigenvalue weighted by Gasteiger charge is -2.19. The van der Waals surface area contributed by atoms with E-state index in [2.05, 4.69) is 12.1 Å². The second-order valence-corrected chi connectivity index (χ2v) is 5.24. The zero-order chi connectivity index (χ0) is 13.7. The van der Waals surface area contributed by atoms with Gasteiger partial charge in [0.2, 0.25) is 11.8 Å². The molecule has 0 spiro atoms. The Hall–Kier alpha value is -1.64. The maximum absolute atomic E-state index is 12.0. The van der Waals surface area contributed by atoms with E-state index in [0.717, 1.165) is 25.7 Å². The molecule has 3 nitrogen and oxygen atoms in total. The number of hydrogen-bond donors (Lipinski definition) is 0. The van der Waals surface area contributed by atoms with E-state index in [4.69, 9.17) is 0 Å². The van der Waals surface area contributed by atoms with Gasteiger partial charge in [-0.15, -0.1) is 0 Å². The summed E-state index contributed by atoms with van der Waals surface area (Å²) in [5.41, 5.74) is 1.31. The molecule has 0 bridgehead atoms. The monoisotopic (exact) mass is 259 g/mol. The number of likely N-dealkylation sites (tertiary alicyclic amines) is 1. The van der Waals surface area contributed by atoms with E-state index in [-0.39, 0.29) is 17.9 Å². The Morgan fingerprint density at radius 2 is 2.00 bits per heavy atom. The van der Waals surface area contributed by atoms with Crippen LogP contribution in [0.2, 0.25) is 0 Å². The van der Waals surface area contributed by atoms with Crippen LogP contribution >= 0.6 is 0 Å². The quantitative estimate of drug-likeness (QED) is 0.762. The summed E-state index contributed by atoms with van der Waals surface area (Å²) < 4.78 is 0. The van der Waals surface area contributed by atoms with Crippen LogP contribution in [0.25, 0.3) is 0 Å². The number of aryl methyl sites for hydroxylation is 1. The Kier molecular flexibility index (Phi) is 4.72. The first-order valence-corrected chi connectivity index (χ1v) is 7.07.